The number of allylic oxidation sites excluding steroid dienone is 1. The molecule has 0 aliphatic heterocycles. The van der Waals surface area contributed by atoms with Crippen LogP contribution in [0.4, 0.5) is 0 Å². The van der Waals surface area contributed by atoms with Crippen molar-refractivity contribution in [1.29, 1.82) is 0 Å². The normalized spacial score (nSPS) is 9.53. The standard InChI is InChI=1S/C17H22/c1-4-5-6-7-8-9-12-16-13-10-11-14-17(16)15(2)3/h10-11,13-14H,2,4-8H2,1,3H3. The van der Waals surface area contributed by atoms with E-state index in [1.54, 1.807) is 0 Å². The molecule has 0 atom stereocenters. The lowest BCUT2D eigenvalue weighted by Gasteiger charge is -2.02. The SMILES string of the molecule is C=C(C)c1ccccc1C#CCCCCCC. The number of benzene rings is 1. The van der Waals surface area contributed by atoms with Gasteiger partial charge in [-0.15, -0.1) is 0 Å². The highest BCUT2D eigenvalue weighted by Gasteiger charge is 1.97. The van der Waals surface area contributed by atoms with Crippen LogP contribution in [-0.4, -0.2) is 0 Å². The quantitative estimate of drug-likeness (QED) is 0.487. The van der Waals surface area contributed by atoms with Crippen LogP contribution in [0.5, 0.6) is 0 Å². The average molecular weight is 226 g/mol. The Kier molecular flexibility index (Phi) is 6.18. The van der Waals surface area contributed by atoms with Gasteiger partial charge in [-0.1, -0.05) is 62.8 Å². The van der Waals surface area contributed by atoms with Gasteiger partial charge in [0.2, 0.25) is 0 Å². The molecule has 0 heteroatoms. The molecule has 0 saturated carbocycles. The molecular formula is C17H22. The summed E-state index contributed by atoms with van der Waals surface area (Å²) >= 11 is 0. The summed E-state index contributed by atoms with van der Waals surface area (Å²) in [6.07, 6.45) is 6.13. The number of hydrogen-bond acceptors (Lipinski definition) is 0. The largest absolute Gasteiger partial charge is 0.0979 e. The molecule has 0 aliphatic rings. The van der Waals surface area contributed by atoms with Gasteiger partial charge in [-0.25, -0.2) is 0 Å². The van der Waals surface area contributed by atoms with Gasteiger partial charge >= 0.3 is 0 Å². The topological polar surface area (TPSA) is 0 Å². The minimum Gasteiger partial charge on any atom is -0.0979 e. The molecule has 0 spiro atoms. The molecule has 0 nitrogen and oxygen atoms in total. The van der Waals surface area contributed by atoms with E-state index in [0.29, 0.717) is 0 Å². The molecule has 0 N–H and O–H groups in total. The van der Waals surface area contributed by atoms with Crippen LogP contribution in [0.15, 0.2) is 30.8 Å². The molecule has 1 aromatic rings. The molecule has 17 heavy (non-hydrogen) atoms. The fraction of sp³-hybridized carbons (Fsp3) is 0.412. The second kappa shape index (κ2) is 7.74. The molecule has 0 bridgehead atoms. The number of hydrogen-bond donors (Lipinski definition) is 0. The van der Waals surface area contributed by atoms with E-state index in [1.165, 1.54) is 31.2 Å². The molecule has 0 heterocycles. The maximum Gasteiger partial charge on any atom is 0.0320 e. The Hall–Kier alpha value is -1.48. The number of unbranched alkanes of at least 4 members (excludes halogenated alkanes) is 4. The van der Waals surface area contributed by atoms with E-state index in [9.17, 15) is 0 Å². The fourth-order valence-corrected chi connectivity index (χ4v) is 1.76. The van der Waals surface area contributed by atoms with Crippen LogP contribution in [-0.2, 0) is 0 Å². The third-order valence-electron chi connectivity index (χ3n) is 2.77. The molecular weight excluding hydrogens is 204 g/mol. The zero-order valence-corrected chi connectivity index (χ0v) is 11.1. The summed E-state index contributed by atoms with van der Waals surface area (Å²) in [6, 6.07) is 8.23. The van der Waals surface area contributed by atoms with E-state index < -0.39 is 0 Å². The van der Waals surface area contributed by atoms with E-state index in [-0.39, 0.29) is 0 Å². The zero-order chi connectivity index (χ0) is 12.5. The van der Waals surface area contributed by atoms with Gasteiger partial charge in [0.25, 0.3) is 0 Å². The van der Waals surface area contributed by atoms with Gasteiger partial charge in [0.05, 0.1) is 0 Å². The minimum atomic E-state index is 1.00. The molecule has 0 aliphatic carbocycles. The van der Waals surface area contributed by atoms with E-state index in [2.05, 4.69) is 37.5 Å². The van der Waals surface area contributed by atoms with Crippen molar-refractivity contribution in [2.45, 2.75) is 46.0 Å². The first-order valence-corrected chi connectivity index (χ1v) is 6.49. The van der Waals surface area contributed by atoms with Crippen LogP contribution in [0.25, 0.3) is 5.57 Å². The first-order valence-electron chi connectivity index (χ1n) is 6.49. The smallest absolute Gasteiger partial charge is 0.0320 e. The maximum atomic E-state index is 3.99. The second-order valence-electron chi connectivity index (χ2n) is 4.44. The third kappa shape index (κ3) is 4.91. The Morgan fingerprint density at radius 3 is 2.65 bits per heavy atom. The molecule has 0 unspecified atom stereocenters. The van der Waals surface area contributed by atoms with Gasteiger partial charge in [-0.05, 0) is 30.5 Å². The lowest BCUT2D eigenvalue weighted by molar-refractivity contribution is 0.679. The molecule has 0 radical (unpaired) electrons. The summed E-state index contributed by atoms with van der Waals surface area (Å²) in [5.41, 5.74) is 3.37. The molecule has 90 valence electrons. The lowest BCUT2D eigenvalue weighted by atomic mass is 10.0. The van der Waals surface area contributed by atoms with E-state index in [1.807, 2.05) is 19.1 Å². The van der Waals surface area contributed by atoms with Crippen molar-refractivity contribution in [1.82, 2.24) is 0 Å². The van der Waals surface area contributed by atoms with Gasteiger partial charge in [-0.3, -0.25) is 0 Å². The van der Waals surface area contributed by atoms with Crippen LogP contribution >= 0.6 is 0 Å². The maximum absolute atomic E-state index is 3.99. The van der Waals surface area contributed by atoms with Gasteiger partial charge in [-0.2, -0.15) is 0 Å². The van der Waals surface area contributed by atoms with Crippen LogP contribution in [0, 0.1) is 11.8 Å². The predicted molar refractivity (Wildman–Crippen MR) is 76.8 cm³/mol. The van der Waals surface area contributed by atoms with Crippen LogP contribution < -0.4 is 0 Å². The Morgan fingerprint density at radius 1 is 1.18 bits per heavy atom. The van der Waals surface area contributed by atoms with E-state index in [0.717, 1.165) is 17.6 Å². The number of rotatable bonds is 5. The van der Waals surface area contributed by atoms with Crippen molar-refractivity contribution in [2.75, 3.05) is 0 Å². The van der Waals surface area contributed by atoms with Crippen LogP contribution in [0.2, 0.25) is 0 Å². The summed E-state index contributed by atoms with van der Waals surface area (Å²) in [5.74, 6) is 6.53. The summed E-state index contributed by atoms with van der Waals surface area (Å²) in [5, 5.41) is 0. The Bertz CT molecular complexity index is 415. The Morgan fingerprint density at radius 2 is 1.94 bits per heavy atom. The zero-order valence-electron chi connectivity index (χ0n) is 11.1. The third-order valence-corrected chi connectivity index (χ3v) is 2.77. The van der Waals surface area contributed by atoms with Crippen molar-refractivity contribution >= 4 is 5.57 Å². The van der Waals surface area contributed by atoms with Crippen molar-refractivity contribution in [3.8, 4) is 11.8 Å². The summed E-state index contributed by atoms with van der Waals surface area (Å²) in [7, 11) is 0. The van der Waals surface area contributed by atoms with Crippen LogP contribution in [0.3, 0.4) is 0 Å². The molecule has 0 fully saturated rings. The van der Waals surface area contributed by atoms with Gasteiger partial charge < -0.3 is 0 Å². The highest BCUT2D eigenvalue weighted by Crippen LogP contribution is 2.15. The predicted octanol–water partition coefficient (Wildman–Crippen LogP) is 5.04. The van der Waals surface area contributed by atoms with Crippen molar-refractivity contribution in [3.63, 3.8) is 0 Å². The molecule has 0 saturated heterocycles. The first kappa shape index (κ1) is 13.6. The average Bonchev–Trinajstić information content (AvgIpc) is 2.34. The van der Waals surface area contributed by atoms with Crippen molar-refractivity contribution in [3.05, 3.63) is 42.0 Å². The second-order valence-corrected chi connectivity index (χ2v) is 4.44. The van der Waals surface area contributed by atoms with E-state index >= 15 is 0 Å². The monoisotopic (exact) mass is 226 g/mol. The van der Waals surface area contributed by atoms with Gasteiger partial charge in [0, 0.05) is 12.0 Å². The first-order chi connectivity index (χ1) is 8.25. The van der Waals surface area contributed by atoms with E-state index in [4.69, 9.17) is 0 Å². The summed E-state index contributed by atoms with van der Waals surface area (Å²) in [6.45, 7) is 8.25. The van der Waals surface area contributed by atoms with Gasteiger partial charge in [0.15, 0.2) is 0 Å². The van der Waals surface area contributed by atoms with Gasteiger partial charge in [0.1, 0.15) is 0 Å². The minimum absolute atomic E-state index is 1.00. The van der Waals surface area contributed by atoms with Crippen molar-refractivity contribution < 1.29 is 0 Å². The lowest BCUT2D eigenvalue weighted by Crippen LogP contribution is -1.84. The Labute approximate surface area is 106 Å². The molecule has 0 aromatic heterocycles. The summed E-state index contributed by atoms with van der Waals surface area (Å²) < 4.78 is 0. The highest BCUT2D eigenvalue weighted by atomic mass is 14.0. The summed E-state index contributed by atoms with van der Waals surface area (Å²) in [4.78, 5) is 0. The molecule has 1 aromatic carbocycles. The fourth-order valence-electron chi connectivity index (χ4n) is 1.76. The molecule has 1 rings (SSSR count). The molecule has 0 amide bonds. The highest BCUT2D eigenvalue weighted by molar-refractivity contribution is 5.67. The van der Waals surface area contributed by atoms with Crippen molar-refractivity contribution in [2.24, 2.45) is 0 Å². The Balaban J connectivity index is 2.56. The van der Waals surface area contributed by atoms with Crippen LogP contribution in [0.1, 0.15) is 57.1 Å².